The molecule has 1 heterocycles. The standard InChI is InChI=1S/C20H28F3N5O/c1-12(2)29-16-8-7-15(18(9-16)20(21,22)23)10-25-19(24-5)26-11-17-13(3)27-28(6)14(17)4/h7-9,12H,10-11H2,1-6H3,(H2,24,25,26). The van der Waals surface area contributed by atoms with Gasteiger partial charge in [0.15, 0.2) is 5.96 Å². The van der Waals surface area contributed by atoms with Crippen LogP contribution in [0.5, 0.6) is 5.75 Å². The lowest BCUT2D eigenvalue weighted by Crippen LogP contribution is -2.37. The number of halogens is 3. The van der Waals surface area contributed by atoms with Crippen molar-refractivity contribution in [3.63, 3.8) is 0 Å². The summed E-state index contributed by atoms with van der Waals surface area (Å²) in [6.45, 7) is 7.86. The SMILES string of the molecule is CN=C(NCc1ccc(OC(C)C)cc1C(F)(F)F)NCc1c(C)nn(C)c1C. The molecule has 0 aliphatic carbocycles. The van der Waals surface area contributed by atoms with Crippen molar-refractivity contribution in [3.8, 4) is 5.75 Å². The second-order valence-electron chi connectivity index (χ2n) is 7.04. The van der Waals surface area contributed by atoms with Gasteiger partial charge >= 0.3 is 6.18 Å². The number of hydrogen-bond donors (Lipinski definition) is 2. The molecular weight excluding hydrogens is 383 g/mol. The van der Waals surface area contributed by atoms with E-state index < -0.39 is 11.7 Å². The van der Waals surface area contributed by atoms with Gasteiger partial charge in [0.25, 0.3) is 0 Å². The van der Waals surface area contributed by atoms with Crippen LogP contribution in [0.3, 0.4) is 0 Å². The van der Waals surface area contributed by atoms with E-state index in [2.05, 4.69) is 20.7 Å². The average Bonchev–Trinajstić information content (AvgIpc) is 2.87. The number of nitrogens with zero attached hydrogens (tertiary/aromatic N) is 3. The van der Waals surface area contributed by atoms with Crippen LogP contribution < -0.4 is 15.4 Å². The van der Waals surface area contributed by atoms with Crippen LogP contribution in [-0.4, -0.2) is 28.9 Å². The maximum Gasteiger partial charge on any atom is 0.416 e. The molecular formula is C20H28F3N5O. The molecule has 0 aliphatic rings. The van der Waals surface area contributed by atoms with E-state index in [4.69, 9.17) is 4.74 Å². The minimum Gasteiger partial charge on any atom is -0.491 e. The van der Waals surface area contributed by atoms with Crippen molar-refractivity contribution in [2.24, 2.45) is 12.0 Å². The van der Waals surface area contributed by atoms with Crippen molar-refractivity contribution in [1.82, 2.24) is 20.4 Å². The van der Waals surface area contributed by atoms with Crippen LogP contribution >= 0.6 is 0 Å². The Morgan fingerprint density at radius 3 is 2.38 bits per heavy atom. The number of nitrogens with one attached hydrogen (secondary N) is 2. The average molecular weight is 411 g/mol. The fourth-order valence-corrected chi connectivity index (χ4v) is 2.96. The molecule has 0 saturated heterocycles. The molecule has 9 heteroatoms. The molecule has 0 atom stereocenters. The molecule has 0 amide bonds. The van der Waals surface area contributed by atoms with E-state index in [-0.39, 0.29) is 24.0 Å². The van der Waals surface area contributed by atoms with Gasteiger partial charge in [-0.2, -0.15) is 18.3 Å². The lowest BCUT2D eigenvalue weighted by molar-refractivity contribution is -0.138. The zero-order chi connectivity index (χ0) is 21.8. The molecule has 160 valence electrons. The molecule has 29 heavy (non-hydrogen) atoms. The molecule has 0 bridgehead atoms. The predicted molar refractivity (Wildman–Crippen MR) is 107 cm³/mol. The van der Waals surface area contributed by atoms with Crippen LogP contribution in [0.4, 0.5) is 13.2 Å². The Labute approximate surface area is 169 Å². The van der Waals surface area contributed by atoms with Crippen molar-refractivity contribution in [1.29, 1.82) is 0 Å². The van der Waals surface area contributed by atoms with Gasteiger partial charge in [0.1, 0.15) is 5.75 Å². The third kappa shape index (κ3) is 5.88. The highest BCUT2D eigenvalue weighted by atomic mass is 19.4. The van der Waals surface area contributed by atoms with Gasteiger partial charge < -0.3 is 15.4 Å². The number of ether oxygens (including phenoxy) is 1. The molecule has 0 unspecified atom stereocenters. The van der Waals surface area contributed by atoms with E-state index in [0.717, 1.165) is 23.0 Å². The Kier molecular flexibility index (Phi) is 7.16. The molecule has 1 aromatic carbocycles. The number of benzene rings is 1. The Bertz CT molecular complexity index is 872. The smallest absolute Gasteiger partial charge is 0.416 e. The van der Waals surface area contributed by atoms with E-state index in [9.17, 15) is 13.2 Å². The van der Waals surface area contributed by atoms with Gasteiger partial charge in [-0.25, -0.2) is 0 Å². The maximum absolute atomic E-state index is 13.5. The van der Waals surface area contributed by atoms with Crippen molar-refractivity contribution in [3.05, 3.63) is 46.3 Å². The molecule has 0 spiro atoms. The van der Waals surface area contributed by atoms with Crippen molar-refractivity contribution in [2.45, 2.75) is 53.1 Å². The zero-order valence-electron chi connectivity index (χ0n) is 17.6. The fraction of sp³-hybridized carbons (Fsp3) is 0.500. The molecule has 2 rings (SSSR count). The molecule has 6 nitrogen and oxygen atoms in total. The summed E-state index contributed by atoms with van der Waals surface area (Å²) in [6.07, 6.45) is -4.68. The third-order valence-corrected chi connectivity index (χ3v) is 4.52. The van der Waals surface area contributed by atoms with Crippen LogP contribution in [0.25, 0.3) is 0 Å². The lowest BCUT2D eigenvalue weighted by Gasteiger charge is -2.18. The van der Waals surface area contributed by atoms with E-state index in [1.54, 1.807) is 31.6 Å². The van der Waals surface area contributed by atoms with Gasteiger partial charge in [0.2, 0.25) is 0 Å². The van der Waals surface area contributed by atoms with E-state index in [0.29, 0.717) is 12.5 Å². The molecule has 0 aliphatic heterocycles. The second kappa shape index (κ2) is 9.19. The molecule has 0 fully saturated rings. The number of rotatable bonds is 6. The summed E-state index contributed by atoms with van der Waals surface area (Å²) >= 11 is 0. The van der Waals surface area contributed by atoms with Crippen molar-refractivity contribution < 1.29 is 17.9 Å². The van der Waals surface area contributed by atoms with E-state index >= 15 is 0 Å². The number of aromatic nitrogens is 2. The largest absolute Gasteiger partial charge is 0.491 e. The first-order valence-corrected chi connectivity index (χ1v) is 9.33. The highest BCUT2D eigenvalue weighted by Crippen LogP contribution is 2.34. The highest BCUT2D eigenvalue weighted by molar-refractivity contribution is 5.79. The summed E-state index contributed by atoms with van der Waals surface area (Å²) in [5.74, 6) is 0.601. The number of hydrogen-bond acceptors (Lipinski definition) is 3. The molecule has 1 aromatic heterocycles. The summed E-state index contributed by atoms with van der Waals surface area (Å²) in [7, 11) is 3.44. The van der Waals surface area contributed by atoms with Crippen LogP contribution in [0.15, 0.2) is 23.2 Å². The summed E-state index contributed by atoms with van der Waals surface area (Å²) in [5, 5.41) is 10.4. The lowest BCUT2D eigenvalue weighted by atomic mass is 10.1. The van der Waals surface area contributed by atoms with Crippen molar-refractivity contribution >= 4 is 5.96 Å². The Morgan fingerprint density at radius 2 is 1.86 bits per heavy atom. The number of alkyl halides is 3. The first-order chi connectivity index (χ1) is 13.5. The summed E-state index contributed by atoms with van der Waals surface area (Å²) < 4.78 is 47.7. The van der Waals surface area contributed by atoms with Gasteiger partial charge in [0, 0.05) is 38.4 Å². The first-order valence-electron chi connectivity index (χ1n) is 9.33. The zero-order valence-corrected chi connectivity index (χ0v) is 17.6. The summed E-state index contributed by atoms with van der Waals surface area (Å²) in [6, 6.07) is 4.01. The normalized spacial score (nSPS) is 12.4. The number of aliphatic imine (C=N–C) groups is 1. The second-order valence-corrected chi connectivity index (χ2v) is 7.04. The Hall–Kier alpha value is -2.71. The van der Waals surface area contributed by atoms with Gasteiger partial charge in [-0.05, 0) is 45.4 Å². The molecule has 2 aromatic rings. The van der Waals surface area contributed by atoms with Crippen LogP contribution in [0, 0.1) is 13.8 Å². The topological polar surface area (TPSA) is 63.5 Å². The van der Waals surface area contributed by atoms with Gasteiger partial charge in [-0.1, -0.05) is 6.07 Å². The van der Waals surface area contributed by atoms with Crippen LogP contribution in [0.2, 0.25) is 0 Å². The van der Waals surface area contributed by atoms with E-state index in [1.165, 1.54) is 6.07 Å². The highest BCUT2D eigenvalue weighted by Gasteiger charge is 2.33. The number of aryl methyl sites for hydroxylation is 2. The van der Waals surface area contributed by atoms with Crippen LogP contribution in [0.1, 0.15) is 41.9 Å². The Balaban J connectivity index is 2.10. The van der Waals surface area contributed by atoms with E-state index in [1.807, 2.05) is 20.9 Å². The Morgan fingerprint density at radius 1 is 1.21 bits per heavy atom. The minimum atomic E-state index is -4.48. The molecule has 2 N–H and O–H groups in total. The quantitative estimate of drug-likeness (QED) is 0.562. The third-order valence-electron chi connectivity index (χ3n) is 4.52. The summed E-state index contributed by atoms with van der Waals surface area (Å²) in [5.41, 5.74) is 2.34. The first kappa shape index (κ1) is 22.6. The van der Waals surface area contributed by atoms with Crippen molar-refractivity contribution in [2.75, 3.05) is 7.05 Å². The maximum atomic E-state index is 13.5. The molecule has 0 radical (unpaired) electrons. The van der Waals surface area contributed by atoms with Gasteiger partial charge in [-0.3, -0.25) is 9.67 Å². The van der Waals surface area contributed by atoms with Gasteiger partial charge in [0.05, 0.1) is 17.4 Å². The molecule has 0 saturated carbocycles. The monoisotopic (exact) mass is 411 g/mol. The minimum absolute atomic E-state index is 0.0263. The number of guanidine groups is 1. The van der Waals surface area contributed by atoms with Gasteiger partial charge in [-0.15, -0.1) is 0 Å². The predicted octanol–water partition coefficient (Wildman–Crippen LogP) is 3.71. The summed E-state index contributed by atoms with van der Waals surface area (Å²) in [4.78, 5) is 4.09. The van der Waals surface area contributed by atoms with Crippen LogP contribution in [-0.2, 0) is 26.3 Å². The fourth-order valence-electron chi connectivity index (χ4n) is 2.96.